The lowest BCUT2D eigenvalue weighted by Gasteiger charge is -2.37. The predicted octanol–water partition coefficient (Wildman–Crippen LogP) is 3.04. The fourth-order valence-corrected chi connectivity index (χ4v) is 4.08. The highest BCUT2D eigenvalue weighted by atomic mass is 16.5. The summed E-state index contributed by atoms with van der Waals surface area (Å²) in [5, 5.41) is 3.01. The number of amides is 3. The minimum Gasteiger partial charge on any atom is -0.496 e. The number of hydrogen-bond acceptors (Lipinski definition) is 4. The molecule has 7 nitrogen and oxygen atoms in total. The molecule has 2 aliphatic rings. The molecule has 0 aliphatic carbocycles. The second-order valence-corrected chi connectivity index (χ2v) is 7.57. The van der Waals surface area contributed by atoms with Gasteiger partial charge in [-0.25, -0.2) is 4.79 Å². The Balaban J connectivity index is 1.38. The summed E-state index contributed by atoms with van der Waals surface area (Å²) in [5.74, 6) is 1.24. The molecule has 0 unspecified atom stereocenters. The molecule has 1 N–H and O–H groups in total. The molecule has 3 amide bonds. The summed E-state index contributed by atoms with van der Waals surface area (Å²) >= 11 is 0. The fourth-order valence-electron chi connectivity index (χ4n) is 4.08. The van der Waals surface area contributed by atoms with Gasteiger partial charge in [0.15, 0.2) is 0 Å². The van der Waals surface area contributed by atoms with Crippen molar-refractivity contribution in [3.8, 4) is 11.5 Å². The molecule has 7 heteroatoms. The van der Waals surface area contributed by atoms with E-state index in [9.17, 15) is 9.59 Å². The van der Waals surface area contributed by atoms with Gasteiger partial charge in [-0.05, 0) is 31.0 Å². The monoisotopic (exact) mass is 409 g/mol. The number of para-hydroxylation sites is 3. The molecule has 1 saturated heterocycles. The van der Waals surface area contributed by atoms with Gasteiger partial charge in [-0.3, -0.25) is 9.69 Å². The molecule has 0 aromatic heterocycles. The van der Waals surface area contributed by atoms with Crippen LogP contribution in [-0.4, -0.2) is 50.2 Å². The van der Waals surface area contributed by atoms with Crippen molar-refractivity contribution in [3.63, 3.8) is 0 Å². The number of carbonyl (C=O) groups excluding carboxylic acids is 2. The van der Waals surface area contributed by atoms with E-state index >= 15 is 0 Å². The number of hydrogen-bond donors (Lipinski definition) is 1. The maximum atomic E-state index is 13.2. The average Bonchev–Trinajstić information content (AvgIpc) is 2.82. The summed E-state index contributed by atoms with van der Waals surface area (Å²) in [6.45, 7) is 2.48. The number of benzene rings is 2. The number of carbonyl (C=O) groups is 2. The van der Waals surface area contributed by atoms with Crippen LogP contribution >= 0.6 is 0 Å². The molecule has 30 heavy (non-hydrogen) atoms. The Bertz CT molecular complexity index is 917. The van der Waals surface area contributed by atoms with E-state index in [0.29, 0.717) is 32.8 Å². The molecular weight excluding hydrogens is 382 g/mol. The summed E-state index contributed by atoms with van der Waals surface area (Å²) in [5.41, 5.74) is 1.72. The number of urea groups is 1. The van der Waals surface area contributed by atoms with Gasteiger partial charge in [-0.1, -0.05) is 30.3 Å². The van der Waals surface area contributed by atoms with Gasteiger partial charge in [0.25, 0.3) is 0 Å². The smallest absolute Gasteiger partial charge is 0.324 e. The lowest BCUT2D eigenvalue weighted by atomic mass is 9.97. The summed E-state index contributed by atoms with van der Waals surface area (Å²) in [6.07, 6.45) is 1.59. The molecule has 0 saturated carbocycles. The number of ether oxygens (including phenoxy) is 2. The molecule has 2 aromatic rings. The number of piperidine rings is 1. The van der Waals surface area contributed by atoms with Crippen molar-refractivity contribution in [3.05, 3.63) is 54.1 Å². The standard InChI is InChI=1S/C23H27N3O4/c1-29-20-10-4-2-7-17(20)15-24-22(27)18-8-6-12-25(16-18)23(28)26-13-14-30-21-11-5-3-9-19(21)26/h2-5,7,9-11,18H,6,8,12-16H2,1H3,(H,24,27)/t18-/m0/s1. The zero-order valence-electron chi connectivity index (χ0n) is 17.2. The van der Waals surface area contributed by atoms with E-state index in [1.54, 1.807) is 16.9 Å². The van der Waals surface area contributed by atoms with Gasteiger partial charge in [0.05, 0.1) is 25.3 Å². The third kappa shape index (κ3) is 4.20. The summed E-state index contributed by atoms with van der Waals surface area (Å²) in [4.78, 5) is 29.5. The average molecular weight is 409 g/mol. The van der Waals surface area contributed by atoms with Crippen molar-refractivity contribution in [2.24, 2.45) is 5.92 Å². The van der Waals surface area contributed by atoms with Crippen LogP contribution in [0.15, 0.2) is 48.5 Å². The fraction of sp³-hybridized carbons (Fsp3) is 0.391. The van der Waals surface area contributed by atoms with Crippen LogP contribution in [0.2, 0.25) is 0 Å². The van der Waals surface area contributed by atoms with Crippen LogP contribution in [-0.2, 0) is 11.3 Å². The minimum absolute atomic E-state index is 0.0271. The summed E-state index contributed by atoms with van der Waals surface area (Å²) < 4.78 is 11.0. The Labute approximate surface area is 176 Å². The van der Waals surface area contributed by atoms with Gasteiger partial charge in [-0.15, -0.1) is 0 Å². The number of methoxy groups -OCH3 is 1. The molecule has 1 fully saturated rings. The molecule has 1 atom stereocenters. The van der Waals surface area contributed by atoms with E-state index in [-0.39, 0.29) is 17.9 Å². The van der Waals surface area contributed by atoms with Crippen LogP contribution in [0.5, 0.6) is 11.5 Å². The van der Waals surface area contributed by atoms with Crippen LogP contribution in [0.1, 0.15) is 18.4 Å². The molecule has 2 aliphatic heterocycles. The first-order chi connectivity index (χ1) is 14.7. The van der Waals surface area contributed by atoms with Crippen molar-refractivity contribution in [1.29, 1.82) is 0 Å². The number of fused-ring (bicyclic) bond motifs is 1. The van der Waals surface area contributed by atoms with Crippen molar-refractivity contribution >= 4 is 17.6 Å². The number of anilines is 1. The normalized spacial score (nSPS) is 18.2. The molecule has 4 rings (SSSR count). The van der Waals surface area contributed by atoms with Crippen LogP contribution < -0.4 is 19.7 Å². The van der Waals surface area contributed by atoms with E-state index < -0.39 is 0 Å². The van der Waals surface area contributed by atoms with Crippen LogP contribution in [0.3, 0.4) is 0 Å². The van der Waals surface area contributed by atoms with E-state index in [4.69, 9.17) is 9.47 Å². The quantitative estimate of drug-likeness (QED) is 0.843. The highest BCUT2D eigenvalue weighted by Crippen LogP contribution is 2.32. The second kappa shape index (κ2) is 9.07. The zero-order chi connectivity index (χ0) is 20.9. The van der Waals surface area contributed by atoms with Crippen molar-refractivity contribution in [2.45, 2.75) is 19.4 Å². The van der Waals surface area contributed by atoms with E-state index in [1.165, 1.54) is 0 Å². The number of nitrogens with zero attached hydrogens (tertiary/aromatic N) is 2. The maximum absolute atomic E-state index is 13.2. The van der Waals surface area contributed by atoms with E-state index in [2.05, 4.69) is 5.32 Å². The summed E-state index contributed by atoms with van der Waals surface area (Å²) in [7, 11) is 1.62. The largest absolute Gasteiger partial charge is 0.496 e. The van der Waals surface area contributed by atoms with Crippen LogP contribution in [0.4, 0.5) is 10.5 Å². The van der Waals surface area contributed by atoms with Crippen molar-refractivity contribution in [2.75, 3.05) is 38.3 Å². The van der Waals surface area contributed by atoms with Crippen molar-refractivity contribution in [1.82, 2.24) is 10.2 Å². The Kier molecular flexibility index (Phi) is 6.07. The van der Waals surface area contributed by atoms with Gasteiger partial charge >= 0.3 is 6.03 Å². The van der Waals surface area contributed by atoms with Gasteiger partial charge < -0.3 is 19.7 Å². The molecule has 158 valence electrons. The van der Waals surface area contributed by atoms with Crippen molar-refractivity contribution < 1.29 is 19.1 Å². The SMILES string of the molecule is COc1ccccc1CNC(=O)[C@H]1CCCN(C(=O)N2CCOc3ccccc32)C1. The van der Waals surface area contributed by atoms with E-state index in [0.717, 1.165) is 35.6 Å². The molecule has 0 spiro atoms. The Morgan fingerprint density at radius 1 is 1.13 bits per heavy atom. The van der Waals surface area contributed by atoms with Gasteiger partial charge in [0, 0.05) is 25.2 Å². The first-order valence-electron chi connectivity index (χ1n) is 10.3. The number of likely N-dealkylation sites (tertiary alicyclic amines) is 1. The zero-order valence-corrected chi connectivity index (χ0v) is 17.2. The summed E-state index contributed by atoms with van der Waals surface area (Å²) in [6, 6.07) is 15.1. The minimum atomic E-state index is -0.214. The van der Waals surface area contributed by atoms with E-state index in [1.807, 2.05) is 48.5 Å². The number of rotatable bonds is 4. The third-order valence-corrected chi connectivity index (χ3v) is 5.67. The first kappa shape index (κ1) is 20.1. The van der Waals surface area contributed by atoms with Gasteiger partial charge in [-0.2, -0.15) is 0 Å². The highest BCUT2D eigenvalue weighted by Gasteiger charge is 2.33. The Hall–Kier alpha value is -3.22. The Morgan fingerprint density at radius 3 is 2.80 bits per heavy atom. The van der Waals surface area contributed by atoms with Gasteiger partial charge in [0.1, 0.15) is 18.1 Å². The lowest BCUT2D eigenvalue weighted by molar-refractivity contribution is -0.126. The molecule has 0 bridgehead atoms. The molecule has 2 heterocycles. The highest BCUT2D eigenvalue weighted by molar-refractivity contribution is 5.94. The van der Waals surface area contributed by atoms with Crippen LogP contribution in [0, 0.1) is 5.92 Å². The van der Waals surface area contributed by atoms with Gasteiger partial charge in [0.2, 0.25) is 5.91 Å². The third-order valence-electron chi connectivity index (χ3n) is 5.67. The lowest BCUT2D eigenvalue weighted by Crippen LogP contribution is -2.52. The Morgan fingerprint density at radius 2 is 1.93 bits per heavy atom. The topological polar surface area (TPSA) is 71.1 Å². The maximum Gasteiger partial charge on any atom is 0.324 e. The molecular formula is C23H27N3O4. The van der Waals surface area contributed by atoms with Crippen LogP contribution in [0.25, 0.3) is 0 Å². The second-order valence-electron chi connectivity index (χ2n) is 7.57. The first-order valence-corrected chi connectivity index (χ1v) is 10.3. The number of nitrogens with one attached hydrogen (secondary N) is 1. The molecule has 0 radical (unpaired) electrons. The molecule has 2 aromatic carbocycles. The predicted molar refractivity (Wildman–Crippen MR) is 114 cm³/mol.